The first-order valence-electron chi connectivity index (χ1n) is 8.18. The molecule has 0 saturated heterocycles. The molecule has 0 aromatic heterocycles. The summed E-state index contributed by atoms with van der Waals surface area (Å²) < 4.78 is 1.84. The van der Waals surface area contributed by atoms with Gasteiger partial charge in [0.2, 0.25) is 0 Å². The first kappa shape index (κ1) is 15.1. The minimum atomic E-state index is 0.0257. The summed E-state index contributed by atoms with van der Waals surface area (Å²) in [5.74, 6) is 0. The second-order valence-corrected chi connectivity index (χ2v) is 8.69. The number of hydrogen-bond donors (Lipinski definition) is 0. The van der Waals surface area contributed by atoms with Gasteiger partial charge in [-0.25, -0.2) is 0 Å². The molecule has 0 radical (unpaired) electrons. The van der Waals surface area contributed by atoms with Crippen molar-refractivity contribution < 1.29 is 0 Å². The third-order valence-electron chi connectivity index (χ3n) is 5.45. The maximum atomic E-state index is 13.3. The highest BCUT2D eigenvalue weighted by molar-refractivity contribution is 14.1. The van der Waals surface area contributed by atoms with Gasteiger partial charge in [-0.15, -0.1) is 0 Å². The van der Waals surface area contributed by atoms with E-state index >= 15 is 0 Å². The molecule has 2 aliphatic carbocycles. The summed E-state index contributed by atoms with van der Waals surface area (Å²) in [6.07, 6.45) is 0. The van der Waals surface area contributed by atoms with E-state index in [1.165, 1.54) is 0 Å². The minimum Gasteiger partial charge on any atom is -0.289 e. The molecule has 4 heteroatoms. The predicted octanol–water partition coefficient (Wildman–Crippen LogP) is 5.81. The summed E-state index contributed by atoms with van der Waals surface area (Å²) in [4.78, 5) is 26.6. The average Bonchev–Trinajstić information content (AvgIpc) is 2.65. The van der Waals surface area contributed by atoms with Crippen molar-refractivity contribution in [2.45, 2.75) is 0 Å². The standard InChI is InChI=1S/C22H8BrIO2/c23-15-7-13-19-17-9(15)3-1-5-11(17)22(26)14-8-16(24)10-4-2-6-12(21(13)25)18(10)20(14)19/h1-8H. The molecule has 0 aliphatic heterocycles. The number of rotatable bonds is 0. The van der Waals surface area contributed by atoms with Gasteiger partial charge in [0.25, 0.3) is 0 Å². The van der Waals surface area contributed by atoms with E-state index in [2.05, 4.69) is 38.5 Å². The first-order chi connectivity index (χ1) is 12.6. The van der Waals surface area contributed by atoms with Gasteiger partial charge in [-0.05, 0) is 45.5 Å². The van der Waals surface area contributed by atoms with Crippen molar-refractivity contribution in [3.05, 3.63) is 77.0 Å². The topological polar surface area (TPSA) is 34.1 Å². The molecule has 4 aromatic rings. The molecule has 0 amide bonds. The molecular formula is C22H8BrIO2. The Morgan fingerprint density at radius 3 is 1.81 bits per heavy atom. The van der Waals surface area contributed by atoms with Gasteiger partial charge in [0, 0.05) is 51.5 Å². The zero-order chi connectivity index (χ0) is 17.7. The van der Waals surface area contributed by atoms with E-state index in [0.717, 1.165) is 40.7 Å². The predicted molar refractivity (Wildman–Crippen MR) is 120 cm³/mol. The molecule has 0 atom stereocenters. The van der Waals surface area contributed by atoms with E-state index in [4.69, 9.17) is 0 Å². The van der Waals surface area contributed by atoms with Crippen LogP contribution in [0.1, 0.15) is 0 Å². The van der Waals surface area contributed by atoms with Gasteiger partial charge in [0.15, 0.2) is 10.9 Å². The molecular weight excluding hydrogens is 503 g/mol. The van der Waals surface area contributed by atoms with Gasteiger partial charge < -0.3 is 0 Å². The van der Waals surface area contributed by atoms with Crippen molar-refractivity contribution in [1.29, 1.82) is 0 Å². The highest BCUT2D eigenvalue weighted by Gasteiger charge is 2.26. The summed E-state index contributed by atoms with van der Waals surface area (Å²) in [6.45, 7) is 0. The van der Waals surface area contributed by atoms with Crippen LogP contribution in [-0.4, -0.2) is 0 Å². The molecule has 2 aliphatic rings. The molecule has 122 valence electrons. The van der Waals surface area contributed by atoms with E-state index < -0.39 is 0 Å². The molecule has 2 nitrogen and oxygen atoms in total. The van der Waals surface area contributed by atoms with Crippen LogP contribution in [0.25, 0.3) is 54.2 Å². The van der Waals surface area contributed by atoms with Crippen LogP contribution in [0.5, 0.6) is 0 Å². The second-order valence-electron chi connectivity index (χ2n) is 6.68. The number of hydrogen-bond acceptors (Lipinski definition) is 2. The Labute approximate surface area is 169 Å². The fraction of sp³-hybridized carbons (Fsp3) is 0. The molecule has 0 heterocycles. The van der Waals surface area contributed by atoms with Crippen molar-refractivity contribution in [1.82, 2.24) is 0 Å². The minimum absolute atomic E-state index is 0.0257. The molecule has 4 aromatic carbocycles. The maximum absolute atomic E-state index is 13.3. The fourth-order valence-corrected chi connectivity index (χ4v) is 5.73. The number of halogens is 2. The first-order valence-corrected chi connectivity index (χ1v) is 10.1. The monoisotopic (exact) mass is 510 g/mol. The van der Waals surface area contributed by atoms with Crippen LogP contribution in [0.2, 0.25) is 0 Å². The normalized spacial score (nSPS) is 12.5. The largest absolute Gasteiger partial charge is 0.289 e. The molecule has 0 N–H and O–H groups in total. The lowest BCUT2D eigenvalue weighted by molar-refractivity contribution is 1.62. The molecule has 0 spiro atoms. The fourth-order valence-electron chi connectivity index (χ4n) is 4.41. The van der Waals surface area contributed by atoms with Crippen molar-refractivity contribution in [2.75, 3.05) is 0 Å². The Morgan fingerprint density at radius 2 is 1.15 bits per heavy atom. The Morgan fingerprint density at radius 1 is 0.654 bits per heavy atom. The van der Waals surface area contributed by atoms with Crippen molar-refractivity contribution in [3.8, 4) is 11.1 Å². The zero-order valence-electron chi connectivity index (χ0n) is 13.2. The van der Waals surface area contributed by atoms with Gasteiger partial charge in [0.1, 0.15) is 0 Å². The highest BCUT2D eigenvalue weighted by atomic mass is 127. The summed E-state index contributed by atoms with van der Waals surface area (Å²) >= 11 is 5.86. The Bertz CT molecular complexity index is 1470. The van der Waals surface area contributed by atoms with E-state index in [-0.39, 0.29) is 10.9 Å². The summed E-state index contributed by atoms with van der Waals surface area (Å²) in [5, 5.41) is 6.54. The number of benzene rings is 6. The summed E-state index contributed by atoms with van der Waals surface area (Å²) in [7, 11) is 0. The molecule has 0 fully saturated rings. The third-order valence-corrected chi connectivity index (χ3v) is 7.00. The van der Waals surface area contributed by atoms with Crippen LogP contribution in [0.3, 0.4) is 0 Å². The lowest BCUT2D eigenvalue weighted by Gasteiger charge is -2.21. The highest BCUT2D eigenvalue weighted by Crippen LogP contribution is 2.47. The van der Waals surface area contributed by atoms with Gasteiger partial charge in [0.05, 0.1) is 0 Å². The summed E-state index contributed by atoms with van der Waals surface area (Å²) in [6, 6.07) is 15.4. The van der Waals surface area contributed by atoms with Crippen LogP contribution in [0.4, 0.5) is 0 Å². The third kappa shape index (κ3) is 1.59. The summed E-state index contributed by atoms with van der Waals surface area (Å²) in [5.41, 5.74) is 1.90. The van der Waals surface area contributed by atoms with Crippen molar-refractivity contribution in [2.24, 2.45) is 0 Å². The van der Waals surface area contributed by atoms with Gasteiger partial charge in [-0.1, -0.05) is 52.3 Å². The van der Waals surface area contributed by atoms with Crippen LogP contribution >= 0.6 is 38.5 Å². The van der Waals surface area contributed by atoms with Crippen LogP contribution in [0.15, 0.2) is 62.6 Å². The Kier molecular flexibility index (Phi) is 2.78. The van der Waals surface area contributed by atoms with Crippen molar-refractivity contribution >= 4 is 81.6 Å². The maximum Gasteiger partial charge on any atom is 0.194 e. The zero-order valence-corrected chi connectivity index (χ0v) is 16.9. The molecule has 0 saturated carbocycles. The van der Waals surface area contributed by atoms with Gasteiger partial charge >= 0.3 is 0 Å². The SMILES string of the molecule is O=c1c2cc(I)c3cccc4c(=O)c5cc(Br)c6cccc1c6c5-c2c34. The lowest BCUT2D eigenvalue weighted by atomic mass is 9.81. The molecule has 0 unspecified atom stereocenters. The van der Waals surface area contributed by atoms with E-state index in [9.17, 15) is 9.59 Å². The lowest BCUT2D eigenvalue weighted by Crippen LogP contribution is -2.13. The Balaban J connectivity index is 2.19. The van der Waals surface area contributed by atoms with Gasteiger partial charge in [-0.3, -0.25) is 9.59 Å². The van der Waals surface area contributed by atoms with Crippen LogP contribution < -0.4 is 10.9 Å². The smallest absolute Gasteiger partial charge is 0.194 e. The van der Waals surface area contributed by atoms with Gasteiger partial charge in [-0.2, -0.15) is 0 Å². The Hall–Kier alpha value is -2.05. The quantitative estimate of drug-likeness (QED) is 0.147. The van der Waals surface area contributed by atoms with E-state index in [0.29, 0.717) is 21.5 Å². The van der Waals surface area contributed by atoms with Crippen molar-refractivity contribution in [3.63, 3.8) is 0 Å². The van der Waals surface area contributed by atoms with E-state index in [1.54, 1.807) is 0 Å². The van der Waals surface area contributed by atoms with Crippen LogP contribution in [0, 0.1) is 3.57 Å². The van der Waals surface area contributed by atoms with E-state index in [1.807, 2.05) is 48.5 Å². The second kappa shape index (κ2) is 4.81. The molecule has 0 bridgehead atoms. The average molecular weight is 511 g/mol. The van der Waals surface area contributed by atoms with Crippen LogP contribution in [-0.2, 0) is 0 Å². The molecule has 26 heavy (non-hydrogen) atoms. The molecule has 6 rings (SSSR count).